The van der Waals surface area contributed by atoms with E-state index in [1.165, 1.54) is 5.56 Å². The van der Waals surface area contributed by atoms with Crippen LogP contribution >= 0.6 is 0 Å². The lowest BCUT2D eigenvalue weighted by Crippen LogP contribution is -2.44. The minimum atomic E-state index is 0.163. The number of benzene rings is 1. The van der Waals surface area contributed by atoms with E-state index in [1.807, 2.05) is 17.0 Å². The second-order valence-electron chi connectivity index (χ2n) is 5.71. The summed E-state index contributed by atoms with van der Waals surface area (Å²) in [7, 11) is 0. The van der Waals surface area contributed by atoms with Crippen molar-refractivity contribution in [3.8, 4) is 0 Å². The van der Waals surface area contributed by atoms with Gasteiger partial charge in [0.25, 0.3) is 5.91 Å². The molecule has 20 heavy (non-hydrogen) atoms. The summed E-state index contributed by atoms with van der Waals surface area (Å²) in [5.74, 6) is 0.163. The molecule has 0 aromatic heterocycles. The van der Waals surface area contributed by atoms with Gasteiger partial charge in [-0.1, -0.05) is 19.1 Å². The molecule has 3 heteroatoms. The Morgan fingerprint density at radius 3 is 2.25 bits per heavy atom. The number of nitrogens with zero attached hydrogens (tertiary/aromatic N) is 1. The van der Waals surface area contributed by atoms with Crippen LogP contribution in [0.2, 0.25) is 0 Å². The summed E-state index contributed by atoms with van der Waals surface area (Å²) < 4.78 is 0. The van der Waals surface area contributed by atoms with E-state index in [0.717, 1.165) is 44.2 Å². The Hall–Kier alpha value is -1.35. The summed E-state index contributed by atoms with van der Waals surface area (Å²) in [6, 6.07) is 8.70. The van der Waals surface area contributed by atoms with Crippen molar-refractivity contribution < 1.29 is 4.79 Å². The van der Waals surface area contributed by atoms with Crippen molar-refractivity contribution in [2.24, 2.45) is 5.73 Å². The van der Waals surface area contributed by atoms with Gasteiger partial charge in [-0.15, -0.1) is 0 Å². The SMILES string of the molecule is CCc1ccc(C(=O)N(CC)C2CCC(N)CC2)cc1. The highest BCUT2D eigenvalue weighted by atomic mass is 16.2. The zero-order valence-corrected chi connectivity index (χ0v) is 12.6. The number of nitrogens with two attached hydrogens (primary N) is 1. The molecule has 0 spiro atoms. The van der Waals surface area contributed by atoms with Crippen molar-refractivity contribution in [1.29, 1.82) is 0 Å². The number of hydrogen-bond donors (Lipinski definition) is 1. The summed E-state index contributed by atoms with van der Waals surface area (Å²) in [5.41, 5.74) is 8.03. The maximum Gasteiger partial charge on any atom is 0.254 e. The Balaban J connectivity index is 2.07. The molecule has 0 unspecified atom stereocenters. The van der Waals surface area contributed by atoms with Crippen LogP contribution in [0.3, 0.4) is 0 Å². The van der Waals surface area contributed by atoms with E-state index in [-0.39, 0.29) is 5.91 Å². The lowest BCUT2D eigenvalue weighted by atomic mass is 9.90. The second-order valence-corrected chi connectivity index (χ2v) is 5.71. The summed E-state index contributed by atoms with van der Waals surface area (Å²) in [5, 5.41) is 0. The molecule has 1 aliphatic rings. The maximum atomic E-state index is 12.7. The number of amides is 1. The predicted octanol–water partition coefficient (Wildman–Crippen LogP) is 2.98. The Labute approximate surface area is 122 Å². The third-order valence-electron chi connectivity index (χ3n) is 4.39. The van der Waals surface area contributed by atoms with E-state index < -0.39 is 0 Å². The number of hydrogen-bond acceptors (Lipinski definition) is 2. The number of carbonyl (C=O) groups excluding carboxylic acids is 1. The predicted molar refractivity (Wildman–Crippen MR) is 82.8 cm³/mol. The van der Waals surface area contributed by atoms with Gasteiger partial charge in [-0.3, -0.25) is 4.79 Å². The van der Waals surface area contributed by atoms with Gasteiger partial charge in [0.2, 0.25) is 0 Å². The highest BCUT2D eigenvalue weighted by Gasteiger charge is 2.27. The van der Waals surface area contributed by atoms with Crippen molar-refractivity contribution in [2.45, 2.75) is 58.0 Å². The summed E-state index contributed by atoms with van der Waals surface area (Å²) >= 11 is 0. The van der Waals surface area contributed by atoms with Gasteiger partial charge in [-0.2, -0.15) is 0 Å². The first-order valence-electron chi connectivity index (χ1n) is 7.81. The highest BCUT2D eigenvalue weighted by molar-refractivity contribution is 5.94. The zero-order valence-electron chi connectivity index (χ0n) is 12.6. The van der Waals surface area contributed by atoms with E-state index in [9.17, 15) is 4.79 Å². The lowest BCUT2D eigenvalue weighted by Gasteiger charge is -2.35. The number of aryl methyl sites for hydroxylation is 1. The zero-order chi connectivity index (χ0) is 14.5. The van der Waals surface area contributed by atoms with E-state index in [1.54, 1.807) is 0 Å². The third kappa shape index (κ3) is 3.40. The molecule has 1 saturated carbocycles. The van der Waals surface area contributed by atoms with Gasteiger partial charge in [-0.25, -0.2) is 0 Å². The molecule has 0 radical (unpaired) electrons. The van der Waals surface area contributed by atoms with Gasteiger partial charge in [0, 0.05) is 24.2 Å². The molecule has 2 rings (SSSR count). The Morgan fingerprint density at radius 1 is 1.15 bits per heavy atom. The molecule has 1 fully saturated rings. The molecule has 0 heterocycles. The van der Waals surface area contributed by atoms with E-state index in [2.05, 4.69) is 26.0 Å². The fourth-order valence-corrected chi connectivity index (χ4v) is 3.03. The molecule has 0 bridgehead atoms. The molecule has 3 nitrogen and oxygen atoms in total. The Kier molecular flexibility index (Phi) is 5.18. The van der Waals surface area contributed by atoms with Crippen molar-refractivity contribution in [1.82, 2.24) is 4.90 Å². The fourth-order valence-electron chi connectivity index (χ4n) is 3.03. The summed E-state index contributed by atoms with van der Waals surface area (Å²) in [4.78, 5) is 14.7. The largest absolute Gasteiger partial charge is 0.336 e. The van der Waals surface area contributed by atoms with Crippen LogP contribution in [0.15, 0.2) is 24.3 Å². The molecule has 1 aromatic rings. The molecule has 0 saturated heterocycles. The first-order chi connectivity index (χ1) is 9.65. The van der Waals surface area contributed by atoms with Crippen LogP contribution in [0, 0.1) is 0 Å². The van der Waals surface area contributed by atoms with Crippen LogP contribution in [0.4, 0.5) is 0 Å². The quantitative estimate of drug-likeness (QED) is 0.917. The molecule has 1 aliphatic carbocycles. The second kappa shape index (κ2) is 6.89. The Morgan fingerprint density at radius 2 is 1.75 bits per heavy atom. The van der Waals surface area contributed by atoms with Gasteiger partial charge in [-0.05, 0) is 56.7 Å². The van der Waals surface area contributed by atoms with Crippen LogP contribution in [0.5, 0.6) is 0 Å². The molecule has 0 atom stereocenters. The average Bonchev–Trinajstić information content (AvgIpc) is 2.50. The first kappa shape index (κ1) is 15.0. The minimum absolute atomic E-state index is 0.163. The van der Waals surface area contributed by atoms with Crippen molar-refractivity contribution in [3.63, 3.8) is 0 Å². The monoisotopic (exact) mass is 274 g/mol. The standard InChI is InChI=1S/C17H26N2O/c1-3-13-5-7-14(8-6-13)17(20)19(4-2)16-11-9-15(18)10-12-16/h5-8,15-16H,3-4,9-12,18H2,1-2H3. The van der Waals surface area contributed by atoms with Gasteiger partial charge in [0.1, 0.15) is 0 Å². The van der Waals surface area contributed by atoms with Crippen LogP contribution in [-0.4, -0.2) is 29.4 Å². The lowest BCUT2D eigenvalue weighted by molar-refractivity contribution is 0.0640. The van der Waals surface area contributed by atoms with Crippen LogP contribution in [0.25, 0.3) is 0 Å². The summed E-state index contributed by atoms with van der Waals surface area (Å²) in [6.45, 7) is 4.96. The number of carbonyl (C=O) groups is 1. The smallest absolute Gasteiger partial charge is 0.254 e. The highest BCUT2D eigenvalue weighted by Crippen LogP contribution is 2.23. The van der Waals surface area contributed by atoms with Crippen LogP contribution < -0.4 is 5.73 Å². The van der Waals surface area contributed by atoms with Crippen molar-refractivity contribution in [2.75, 3.05) is 6.54 Å². The molecule has 2 N–H and O–H groups in total. The van der Waals surface area contributed by atoms with E-state index in [0.29, 0.717) is 12.1 Å². The molecule has 110 valence electrons. The maximum absolute atomic E-state index is 12.7. The minimum Gasteiger partial charge on any atom is -0.336 e. The molecular formula is C17H26N2O. The third-order valence-corrected chi connectivity index (χ3v) is 4.39. The van der Waals surface area contributed by atoms with E-state index >= 15 is 0 Å². The van der Waals surface area contributed by atoms with Crippen molar-refractivity contribution in [3.05, 3.63) is 35.4 Å². The van der Waals surface area contributed by atoms with Crippen LogP contribution in [0.1, 0.15) is 55.5 Å². The van der Waals surface area contributed by atoms with Gasteiger partial charge >= 0.3 is 0 Å². The van der Waals surface area contributed by atoms with Crippen LogP contribution in [-0.2, 0) is 6.42 Å². The molecule has 1 amide bonds. The van der Waals surface area contributed by atoms with Gasteiger partial charge in [0.05, 0.1) is 0 Å². The molecule has 1 aromatic carbocycles. The van der Waals surface area contributed by atoms with Gasteiger partial charge < -0.3 is 10.6 Å². The number of rotatable bonds is 4. The van der Waals surface area contributed by atoms with E-state index in [4.69, 9.17) is 5.73 Å². The fraction of sp³-hybridized carbons (Fsp3) is 0.588. The van der Waals surface area contributed by atoms with Gasteiger partial charge in [0.15, 0.2) is 0 Å². The first-order valence-corrected chi connectivity index (χ1v) is 7.81. The average molecular weight is 274 g/mol. The normalized spacial score (nSPS) is 22.6. The molecule has 0 aliphatic heterocycles. The topological polar surface area (TPSA) is 46.3 Å². The summed E-state index contributed by atoms with van der Waals surface area (Å²) in [6.07, 6.45) is 5.14. The van der Waals surface area contributed by atoms with Crippen molar-refractivity contribution >= 4 is 5.91 Å². The molecular weight excluding hydrogens is 248 g/mol. The Bertz CT molecular complexity index is 433.